The van der Waals surface area contributed by atoms with Gasteiger partial charge in [0.25, 0.3) is 0 Å². The summed E-state index contributed by atoms with van der Waals surface area (Å²) in [6, 6.07) is 8.84. The van der Waals surface area contributed by atoms with Gasteiger partial charge >= 0.3 is 6.18 Å². The minimum Gasteiger partial charge on any atom is -0.399 e. The van der Waals surface area contributed by atoms with Gasteiger partial charge in [-0.2, -0.15) is 13.2 Å². The maximum atomic E-state index is 12.5. The fourth-order valence-corrected chi connectivity index (χ4v) is 2.11. The quantitative estimate of drug-likeness (QED) is 0.843. The number of nitrogen functional groups attached to an aromatic ring is 1. The monoisotopic (exact) mass is 270 g/mol. The zero-order valence-corrected chi connectivity index (χ0v) is 9.92. The first-order chi connectivity index (χ1) is 8.45. The molecule has 94 valence electrons. The molecule has 0 aliphatic heterocycles. The van der Waals surface area contributed by atoms with Gasteiger partial charge in [0.2, 0.25) is 0 Å². The lowest BCUT2D eigenvalue weighted by Crippen LogP contribution is -2.04. The van der Waals surface area contributed by atoms with Crippen LogP contribution in [0.5, 0.6) is 0 Å². The number of nitrogens with two attached hydrogens (primary N) is 1. The first kappa shape index (κ1) is 12.8. The molecule has 1 aromatic heterocycles. The van der Waals surface area contributed by atoms with Crippen molar-refractivity contribution in [2.45, 2.75) is 16.1 Å². The number of rotatable bonds is 2. The zero-order chi connectivity index (χ0) is 13.2. The standard InChI is InChI=1S/C12H9F3N2S/c13-12(14,15)8-5-6-17-11(7-8)18-10-3-1-9(16)2-4-10/h1-7H,16H2. The molecule has 0 unspecified atom stereocenters. The molecule has 18 heavy (non-hydrogen) atoms. The number of hydrogen-bond donors (Lipinski definition) is 1. The van der Waals surface area contributed by atoms with Crippen LogP contribution in [0, 0.1) is 0 Å². The number of nitrogens with zero attached hydrogens (tertiary/aromatic N) is 1. The third-order valence-electron chi connectivity index (χ3n) is 2.16. The van der Waals surface area contributed by atoms with Crippen LogP contribution in [0.1, 0.15) is 5.56 Å². The van der Waals surface area contributed by atoms with Gasteiger partial charge in [-0.25, -0.2) is 4.98 Å². The van der Waals surface area contributed by atoms with E-state index in [9.17, 15) is 13.2 Å². The van der Waals surface area contributed by atoms with Crippen molar-refractivity contribution in [2.75, 3.05) is 5.73 Å². The highest BCUT2D eigenvalue weighted by Gasteiger charge is 2.30. The van der Waals surface area contributed by atoms with Gasteiger partial charge < -0.3 is 5.73 Å². The summed E-state index contributed by atoms with van der Waals surface area (Å²) < 4.78 is 37.5. The molecule has 2 aromatic rings. The highest BCUT2D eigenvalue weighted by Crippen LogP contribution is 2.33. The van der Waals surface area contributed by atoms with E-state index in [1.807, 2.05) is 0 Å². The molecule has 0 saturated carbocycles. The van der Waals surface area contributed by atoms with E-state index in [4.69, 9.17) is 5.73 Å². The minimum atomic E-state index is -4.35. The van der Waals surface area contributed by atoms with Crippen molar-refractivity contribution < 1.29 is 13.2 Å². The van der Waals surface area contributed by atoms with Crippen molar-refractivity contribution in [3.8, 4) is 0 Å². The highest BCUT2D eigenvalue weighted by molar-refractivity contribution is 7.99. The Morgan fingerprint density at radius 2 is 1.72 bits per heavy atom. The van der Waals surface area contributed by atoms with E-state index in [0.717, 1.165) is 35.0 Å². The molecule has 0 amide bonds. The van der Waals surface area contributed by atoms with Gasteiger partial charge in [0.05, 0.1) is 5.56 Å². The van der Waals surface area contributed by atoms with Crippen LogP contribution in [0.15, 0.2) is 52.5 Å². The summed E-state index contributed by atoms with van der Waals surface area (Å²) in [6.45, 7) is 0. The minimum absolute atomic E-state index is 0.301. The number of hydrogen-bond acceptors (Lipinski definition) is 3. The maximum Gasteiger partial charge on any atom is 0.416 e. The number of halogens is 3. The van der Waals surface area contributed by atoms with E-state index in [1.54, 1.807) is 24.3 Å². The summed E-state index contributed by atoms with van der Waals surface area (Å²) in [4.78, 5) is 4.69. The number of alkyl halides is 3. The Kier molecular flexibility index (Phi) is 3.47. The third-order valence-corrected chi connectivity index (χ3v) is 3.10. The van der Waals surface area contributed by atoms with Gasteiger partial charge in [-0.1, -0.05) is 11.8 Å². The lowest BCUT2D eigenvalue weighted by Gasteiger charge is -2.07. The molecule has 2 N–H and O–H groups in total. The van der Waals surface area contributed by atoms with Gasteiger partial charge in [-0.15, -0.1) is 0 Å². The maximum absolute atomic E-state index is 12.5. The molecular weight excluding hydrogens is 261 g/mol. The van der Waals surface area contributed by atoms with Crippen molar-refractivity contribution >= 4 is 17.4 Å². The van der Waals surface area contributed by atoms with Crippen LogP contribution in [-0.4, -0.2) is 4.98 Å². The molecule has 1 aromatic carbocycles. The molecule has 0 spiro atoms. The first-order valence-electron chi connectivity index (χ1n) is 5.02. The normalized spacial score (nSPS) is 11.5. The summed E-state index contributed by atoms with van der Waals surface area (Å²) >= 11 is 1.16. The molecule has 1 heterocycles. The predicted octanol–water partition coefficient (Wildman–Crippen LogP) is 3.83. The van der Waals surface area contributed by atoms with Crippen LogP contribution in [0.2, 0.25) is 0 Å². The van der Waals surface area contributed by atoms with E-state index in [-0.39, 0.29) is 0 Å². The van der Waals surface area contributed by atoms with Gasteiger partial charge in [0.1, 0.15) is 5.03 Å². The average Bonchev–Trinajstić information content (AvgIpc) is 2.31. The number of pyridine rings is 1. The second kappa shape index (κ2) is 4.89. The zero-order valence-electron chi connectivity index (χ0n) is 9.11. The summed E-state index contributed by atoms with van der Waals surface area (Å²) in [6.07, 6.45) is -3.19. The second-order valence-electron chi connectivity index (χ2n) is 3.55. The molecule has 0 radical (unpaired) electrons. The molecule has 2 nitrogen and oxygen atoms in total. The summed E-state index contributed by atoms with van der Waals surface area (Å²) in [5.74, 6) is 0. The molecule has 0 fully saturated rings. The molecule has 2 rings (SSSR count). The van der Waals surface area contributed by atoms with E-state index in [2.05, 4.69) is 4.98 Å². The van der Waals surface area contributed by atoms with Crippen LogP contribution in [0.3, 0.4) is 0 Å². The molecule has 0 bridgehead atoms. The highest BCUT2D eigenvalue weighted by atomic mass is 32.2. The van der Waals surface area contributed by atoms with Gasteiger partial charge in [0, 0.05) is 16.8 Å². The summed E-state index contributed by atoms with van der Waals surface area (Å²) in [7, 11) is 0. The van der Waals surface area contributed by atoms with Crippen LogP contribution in [0.4, 0.5) is 18.9 Å². The fraction of sp³-hybridized carbons (Fsp3) is 0.0833. The molecule has 0 saturated heterocycles. The Bertz CT molecular complexity index is 538. The van der Waals surface area contributed by atoms with Gasteiger partial charge in [-0.05, 0) is 36.4 Å². The van der Waals surface area contributed by atoms with Gasteiger partial charge in [0.15, 0.2) is 0 Å². The van der Waals surface area contributed by atoms with E-state index in [0.29, 0.717) is 10.7 Å². The molecule has 6 heteroatoms. The Labute approximate surface area is 106 Å². The Morgan fingerprint density at radius 3 is 2.33 bits per heavy atom. The number of anilines is 1. The van der Waals surface area contributed by atoms with Crippen LogP contribution in [0.25, 0.3) is 0 Å². The average molecular weight is 270 g/mol. The Balaban J connectivity index is 2.22. The third kappa shape index (κ3) is 3.16. The SMILES string of the molecule is Nc1ccc(Sc2cc(C(F)(F)F)ccn2)cc1. The predicted molar refractivity (Wildman–Crippen MR) is 64.2 cm³/mol. The van der Waals surface area contributed by atoms with Crippen LogP contribution >= 0.6 is 11.8 Å². The van der Waals surface area contributed by atoms with E-state index < -0.39 is 11.7 Å². The fourth-order valence-electron chi connectivity index (χ4n) is 1.30. The van der Waals surface area contributed by atoms with Crippen molar-refractivity contribution in [2.24, 2.45) is 0 Å². The smallest absolute Gasteiger partial charge is 0.399 e. The number of benzene rings is 1. The molecule has 0 aliphatic carbocycles. The van der Waals surface area contributed by atoms with Crippen molar-refractivity contribution in [1.82, 2.24) is 4.98 Å². The summed E-state index contributed by atoms with van der Waals surface area (Å²) in [5, 5.41) is 0.301. The largest absolute Gasteiger partial charge is 0.416 e. The first-order valence-corrected chi connectivity index (χ1v) is 5.83. The van der Waals surface area contributed by atoms with Crippen LogP contribution < -0.4 is 5.73 Å². The Hall–Kier alpha value is -1.69. The topological polar surface area (TPSA) is 38.9 Å². The van der Waals surface area contributed by atoms with Crippen molar-refractivity contribution in [1.29, 1.82) is 0 Å². The Morgan fingerprint density at radius 1 is 1.06 bits per heavy atom. The van der Waals surface area contributed by atoms with E-state index >= 15 is 0 Å². The molecule has 0 atom stereocenters. The van der Waals surface area contributed by atoms with Gasteiger partial charge in [-0.3, -0.25) is 0 Å². The number of aromatic nitrogens is 1. The lowest BCUT2D eigenvalue weighted by molar-refractivity contribution is -0.137. The van der Waals surface area contributed by atoms with Crippen molar-refractivity contribution in [3.63, 3.8) is 0 Å². The summed E-state index contributed by atoms with van der Waals surface area (Å²) in [5.41, 5.74) is 5.44. The lowest BCUT2D eigenvalue weighted by atomic mass is 10.3. The van der Waals surface area contributed by atoms with E-state index in [1.165, 1.54) is 0 Å². The van der Waals surface area contributed by atoms with Crippen molar-refractivity contribution in [3.05, 3.63) is 48.2 Å². The molecule has 0 aliphatic rings. The van der Waals surface area contributed by atoms with Crippen LogP contribution in [-0.2, 0) is 6.18 Å². The molecular formula is C12H9F3N2S. The second-order valence-corrected chi connectivity index (χ2v) is 4.65.